The fraction of sp³-hybridized carbons (Fsp3) is 0.600. The van der Waals surface area contributed by atoms with Crippen molar-refractivity contribution in [3.8, 4) is 0 Å². The molecule has 0 saturated heterocycles. The molecule has 0 aromatic heterocycles. The molecule has 0 amide bonds. The van der Waals surface area contributed by atoms with Crippen molar-refractivity contribution in [2.45, 2.75) is 45.1 Å². The zero-order valence-corrected chi connectivity index (χ0v) is 12.8. The third kappa shape index (κ3) is 3.27. The maximum atomic E-state index is 9.76. The summed E-state index contributed by atoms with van der Waals surface area (Å²) in [5.74, 6) is 0. The van der Waals surface area contributed by atoms with Gasteiger partial charge in [0.1, 0.15) is 0 Å². The van der Waals surface area contributed by atoms with Crippen LogP contribution in [0.4, 0.5) is 5.69 Å². The highest BCUT2D eigenvalue weighted by Crippen LogP contribution is 2.41. The normalized spacial score (nSPS) is 21.6. The lowest BCUT2D eigenvalue weighted by molar-refractivity contribution is 0.118. The van der Waals surface area contributed by atoms with Crippen molar-refractivity contribution in [1.29, 1.82) is 0 Å². The fourth-order valence-electron chi connectivity index (χ4n) is 2.57. The van der Waals surface area contributed by atoms with E-state index in [4.69, 9.17) is 0 Å². The molecule has 0 radical (unpaired) electrons. The first-order valence-corrected chi connectivity index (χ1v) is 7.39. The summed E-state index contributed by atoms with van der Waals surface area (Å²) >= 11 is 3.44. The van der Waals surface area contributed by atoms with Crippen LogP contribution in [0, 0.1) is 5.41 Å². The lowest BCUT2D eigenvalue weighted by Crippen LogP contribution is -2.46. The molecule has 0 bridgehead atoms. The van der Waals surface area contributed by atoms with Crippen LogP contribution in [0.2, 0.25) is 0 Å². The largest absolute Gasteiger partial charge is 0.394 e. The van der Waals surface area contributed by atoms with E-state index in [1.54, 1.807) is 0 Å². The summed E-state index contributed by atoms with van der Waals surface area (Å²) in [4.78, 5) is 0. The SMILES string of the molecule is CC1(C)CCC(CO)(Nc2ccc(Br)cc2)CC1. The van der Waals surface area contributed by atoms with Gasteiger partial charge in [-0.15, -0.1) is 0 Å². The van der Waals surface area contributed by atoms with Crippen LogP contribution in [0.25, 0.3) is 0 Å². The lowest BCUT2D eigenvalue weighted by atomic mass is 9.69. The number of hydrogen-bond donors (Lipinski definition) is 2. The van der Waals surface area contributed by atoms with Crippen molar-refractivity contribution >= 4 is 21.6 Å². The van der Waals surface area contributed by atoms with E-state index in [-0.39, 0.29) is 12.1 Å². The fourth-order valence-corrected chi connectivity index (χ4v) is 2.83. The number of anilines is 1. The number of hydrogen-bond acceptors (Lipinski definition) is 2. The standard InChI is InChI=1S/C15H22BrNO/c1-14(2)7-9-15(11-18,10-8-14)17-13-5-3-12(16)4-6-13/h3-6,17-18H,7-11H2,1-2H3. The lowest BCUT2D eigenvalue weighted by Gasteiger charge is -2.43. The quantitative estimate of drug-likeness (QED) is 0.877. The van der Waals surface area contributed by atoms with Gasteiger partial charge in [0.05, 0.1) is 12.1 Å². The Bertz CT molecular complexity index is 389. The van der Waals surface area contributed by atoms with Crippen molar-refractivity contribution in [1.82, 2.24) is 0 Å². The second-order valence-electron chi connectivity index (χ2n) is 6.23. The molecule has 0 atom stereocenters. The molecule has 1 aliphatic rings. The third-order valence-corrected chi connectivity index (χ3v) is 4.65. The summed E-state index contributed by atoms with van der Waals surface area (Å²) in [7, 11) is 0. The van der Waals surface area contributed by atoms with Crippen molar-refractivity contribution in [2.75, 3.05) is 11.9 Å². The number of benzene rings is 1. The summed E-state index contributed by atoms with van der Waals surface area (Å²) < 4.78 is 1.08. The van der Waals surface area contributed by atoms with Crippen LogP contribution >= 0.6 is 15.9 Å². The molecule has 1 aromatic carbocycles. The molecule has 1 aliphatic carbocycles. The Labute approximate surface area is 118 Å². The van der Waals surface area contributed by atoms with E-state index in [9.17, 15) is 5.11 Å². The zero-order chi connectivity index (χ0) is 13.2. The Morgan fingerprint density at radius 3 is 2.17 bits per heavy atom. The van der Waals surface area contributed by atoms with Crippen molar-refractivity contribution in [2.24, 2.45) is 5.41 Å². The van der Waals surface area contributed by atoms with Gasteiger partial charge in [0.2, 0.25) is 0 Å². The Balaban J connectivity index is 2.07. The van der Waals surface area contributed by atoms with Gasteiger partial charge in [-0.1, -0.05) is 29.8 Å². The molecule has 2 rings (SSSR count). The number of halogens is 1. The first-order valence-electron chi connectivity index (χ1n) is 6.59. The van der Waals surface area contributed by atoms with E-state index in [1.165, 1.54) is 0 Å². The molecule has 0 spiro atoms. The third-order valence-electron chi connectivity index (χ3n) is 4.12. The molecule has 2 N–H and O–H groups in total. The zero-order valence-electron chi connectivity index (χ0n) is 11.2. The van der Waals surface area contributed by atoms with E-state index < -0.39 is 0 Å². The van der Waals surface area contributed by atoms with Gasteiger partial charge in [0.15, 0.2) is 0 Å². The predicted molar refractivity (Wildman–Crippen MR) is 79.8 cm³/mol. The van der Waals surface area contributed by atoms with Gasteiger partial charge in [-0.2, -0.15) is 0 Å². The van der Waals surface area contributed by atoms with Crippen molar-refractivity contribution in [3.05, 3.63) is 28.7 Å². The molecule has 2 nitrogen and oxygen atoms in total. The summed E-state index contributed by atoms with van der Waals surface area (Å²) in [5, 5.41) is 13.3. The molecule has 0 heterocycles. The second kappa shape index (κ2) is 5.22. The Morgan fingerprint density at radius 1 is 1.11 bits per heavy atom. The number of aliphatic hydroxyl groups excluding tert-OH is 1. The van der Waals surface area contributed by atoms with E-state index >= 15 is 0 Å². The van der Waals surface area contributed by atoms with Gasteiger partial charge in [0.25, 0.3) is 0 Å². The van der Waals surface area contributed by atoms with Crippen LogP contribution in [0.15, 0.2) is 28.7 Å². The molecule has 1 aromatic rings. The molecule has 0 aliphatic heterocycles. The van der Waals surface area contributed by atoms with Crippen LogP contribution < -0.4 is 5.32 Å². The van der Waals surface area contributed by atoms with Crippen molar-refractivity contribution < 1.29 is 5.11 Å². The maximum Gasteiger partial charge on any atom is 0.0661 e. The van der Waals surface area contributed by atoms with Crippen LogP contribution in [-0.2, 0) is 0 Å². The van der Waals surface area contributed by atoms with E-state index in [0.29, 0.717) is 5.41 Å². The summed E-state index contributed by atoms with van der Waals surface area (Å²) in [6, 6.07) is 8.17. The van der Waals surface area contributed by atoms with Gasteiger partial charge in [0, 0.05) is 10.2 Å². The van der Waals surface area contributed by atoms with E-state index in [2.05, 4.69) is 47.2 Å². The molecular formula is C15H22BrNO. The highest BCUT2D eigenvalue weighted by molar-refractivity contribution is 9.10. The minimum absolute atomic E-state index is 0.136. The smallest absolute Gasteiger partial charge is 0.0661 e. The summed E-state index contributed by atoms with van der Waals surface area (Å²) in [5.41, 5.74) is 1.37. The topological polar surface area (TPSA) is 32.3 Å². The number of aliphatic hydroxyl groups is 1. The average Bonchev–Trinajstić information content (AvgIpc) is 2.35. The minimum Gasteiger partial charge on any atom is -0.394 e. The van der Waals surface area contributed by atoms with Crippen LogP contribution in [-0.4, -0.2) is 17.3 Å². The molecule has 3 heteroatoms. The number of nitrogens with one attached hydrogen (secondary N) is 1. The molecule has 1 fully saturated rings. The molecular weight excluding hydrogens is 290 g/mol. The summed E-state index contributed by atoms with van der Waals surface area (Å²) in [6.45, 7) is 4.83. The molecule has 0 unspecified atom stereocenters. The molecule has 1 saturated carbocycles. The summed E-state index contributed by atoms with van der Waals surface area (Å²) in [6.07, 6.45) is 4.40. The maximum absolute atomic E-state index is 9.76. The minimum atomic E-state index is -0.136. The van der Waals surface area contributed by atoms with Crippen LogP contribution in [0.1, 0.15) is 39.5 Å². The van der Waals surface area contributed by atoms with Gasteiger partial charge < -0.3 is 10.4 Å². The van der Waals surface area contributed by atoms with Gasteiger partial charge >= 0.3 is 0 Å². The molecule has 18 heavy (non-hydrogen) atoms. The average molecular weight is 312 g/mol. The van der Waals surface area contributed by atoms with Gasteiger partial charge in [-0.25, -0.2) is 0 Å². The van der Waals surface area contributed by atoms with Crippen molar-refractivity contribution in [3.63, 3.8) is 0 Å². The highest BCUT2D eigenvalue weighted by Gasteiger charge is 2.37. The Hall–Kier alpha value is -0.540. The van der Waals surface area contributed by atoms with Crippen LogP contribution in [0.3, 0.4) is 0 Å². The first-order chi connectivity index (χ1) is 8.45. The monoisotopic (exact) mass is 311 g/mol. The molecule has 100 valence electrons. The van der Waals surface area contributed by atoms with E-state index in [0.717, 1.165) is 35.8 Å². The van der Waals surface area contributed by atoms with Gasteiger partial charge in [-0.3, -0.25) is 0 Å². The Morgan fingerprint density at radius 2 is 1.67 bits per heavy atom. The Kier molecular flexibility index (Phi) is 4.02. The highest BCUT2D eigenvalue weighted by atomic mass is 79.9. The first kappa shape index (κ1) is 13.9. The number of rotatable bonds is 3. The van der Waals surface area contributed by atoms with Gasteiger partial charge in [-0.05, 0) is 55.4 Å². The predicted octanol–water partition coefficient (Wildman–Crippen LogP) is 4.19. The second-order valence-corrected chi connectivity index (χ2v) is 7.15. The van der Waals surface area contributed by atoms with Crippen LogP contribution in [0.5, 0.6) is 0 Å². The van der Waals surface area contributed by atoms with E-state index in [1.807, 2.05) is 12.1 Å².